The Hall–Kier alpha value is -1.40. The summed E-state index contributed by atoms with van der Waals surface area (Å²) >= 11 is 1.76. The number of aromatic nitrogens is 2. The maximum atomic E-state index is 5.57. The van der Waals surface area contributed by atoms with Gasteiger partial charge in [0.2, 0.25) is 5.89 Å². The Morgan fingerprint density at radius 3 is 3.00 bits per heavy atom. The standard InChI is InChI=1S/C13H20N4OS/c1-3-7-14-10(2)12-16-17-13(18-12)15-8-6-11-5-4-9-19-11/h4-5,9-10,14H,3,6-8H2,1-2H3,(H,15,17). The summed E-state index contributed by atoms with van der Waals surface area (Å²) in [4.78, 5) is 1.35. The van der Waals surface area contributed by atoms with Gasteiger partial charge in [0, 0.05) is 11.4 Å². The van der Waals surface area contributed by atoms with Crippen LogP contribution in [0, 0.1) is 0 Å². The lowest BCUT2D eigenvalue weighted by Gasteiger charge is -2.07. The Bertz CT molecular complexity index is 469. The maximum Gasteiger partial charge on any atom is 0.315 e. The van der Waals surface area contributed by atoms with E-state index >= 15 is 0 Å². The zero-order valence-corrected chi connectivity index (χ0v) is 12.2. The minimum Gasteiger partial charge on any atom is -0.406 e. The van der Waals surface area contributed by atoms with E-state index in [0.29, 0.717) is 11.9 Å². The van der Waals surface area contributed by atoms with E-state index < -0.39 is 0 Å². The van der Waals surface area contributed by atoms with Crippen molar-refractivity contribution in [1.82, 2.24) is 15.5 Å². The molecule has 0 aliphatic rings. The van der Waals surface area contributed by atoms with Gasteiger partial charge in [0.15, 0.2) is 0 Å². The van der Waals surface area contributed by atoms with Gasteiger partial charge in [0.05, 0.1) is 6.04 Å². The summed E-state index contributed by atoms with van der Waals surface area (Å²) in [6.45, 7) is 5.91. The molecule has 6 heteroatoms. The average Bonchev–Trinajstić information content (AvgIpc) is 3.07. The molecule has 0 spiro atoms. The fraction of sp³-hybridized carbons (Fsp3) is 0.538. The van der Waals surface area contributed by atoms with Crippen LogP contribution in [0.1, 0.15) is 37.1 Å². The van der Waals surface area contributed by atoms with E-state index in [1.807, 2.05) is 6.92 Å². The molecule has 0 bridgehead atoms. The van der Waals surface area contributed by atoms with Crippen LogP contribution in [0.15, 0.2) is 21.9 Å². The summed E-state index contributed by atoms with van der Waals surface area (Å²) in [5.74, 6) is 0.632. The summed E-state index contributed by atoms with van der Waals surface area (Å²) in [6, 6.07) is 4.78. The van der Waals surface area contributed by atoms with Crippen molar-refractivity contribution in [1.29, 1.82) is 0 Å². The monoisotopic (exact) mass is 280 g/mol. The number of rotatable bonds is 8. The van der Waals surface area contributed by atoms with Crippen molar-refractivity contribution < 1.29 is 4.42 Å². The van der Waals surface area contributed by atoms with Crippen LogP contribution < -0.4 is 10.6 Å². The highest BCUT2D eigenvalue weighted by atomic mass is 32.1. The zero-order valence-electron chi connectivity index (χ0n) is 11.3. The molecule has 2 aromatic rings. The predicted molar refractivity (Wildman–Crippen MR) is 77.5 cm³/mol. The summed E-state index contributed by atoms with van der Waals surface area (Å²) < 4.78 is 5.57. The van der Waals surface area contributed by atoms with Gasteiger partial charge in [0.1, 0.15) is 0 Å². The zero-order chi connectivity index (χ0) is 13.5. The van der Waals surface area contributed by atoms with E-state index in [9.17, 15) is 0 Å². The quantitative estimate of drug-likeness (QED) is 0.778. The molecule has 1 unspecified atom stereocenters. The lowest BCUT2D eigenvalue weighted by atomic mass is 10.3. The number of anilines is 1. The maximum absolute atomic E-state index is 5.57. The highest BCUT2D eigenvalue weighted by Crippen LogP contribution is 2.14. The average molecular weight is 280 g/mol. The van der Waals surface area contributed by atoms with Gasteiger partial charge in [-0.1, -0.05) is 18.1 Å². The molecule has 104 valence electrons. The molecule has 1 atom stereocenters. The first-order valence-corrected chi connectivity index (χ1v) is 7.50. The molecule has 0 saturated heterocycles. The largest absolute Gasteiger partial charge is 0.406 e. The van der Waals surface area contributed by atoms with Crippen LogP contribution in [0.3, 0.4) is 0 Å². The Morgan fingerprint density at radius 2 is 2.26 bits per heavy atom. The molecular weight excluding hydrogens is 260 g/mol. The molecule has 0 fully saturated rings. The highest BCUT2D eigenvalue weighted by Gasteiger charge is 2.12. The third-order valence-corrected chi connectivity index (χ3v) is 3.68. The second-order valence-electron chi connectivity index (χ2n) is 4.38. The van der Waals surface area contributed by atoms with Crippen LogP contribution in [0.5, 0.6) is 0 Å². The van der Waals surface area contributed by atoms with Crippen LogP contribution in [-0.2, 0) is 6.42 Å². The van der Waals surface area contributed by atoms with E-state index in [1.54, 1.807) is 11.3 Å². The SMILES string of the molecule is CCCNC(C)c1nnc(NCCc2cccs2)o1. The van der Waals surface area contributed by atoms with Crippen molar-refractivity contribution in [3.05, 3.63) is 28.3 Å². The second kappa shape index (κ2) is 7.25. The second-order valence-corrected chi connectivity index (χ2v) is 5.41. The molecule has 2 heterocycles. The number of hydrogen-bond acceptors (Lipinski definition) is 6. The fourth-order valence-corrected chi connectivity index (χ4v) is 2.39. The highest BCUT2D eigenvalue weighted by molar-refractivity contribution is 7.09. The molecule has 2 aromatic heterocycles. The Morgan fingerprint density at radius 1 is 1.37 bits per heavy atom. The summed E-state index contributed by atoms with van der Waals surface area (Å²) in [7, 11) is 0. The summed E-state index contributed by atoms with van der Waals surface area (Å²) in [6.07, 6.45) is 2.06. The van der Waals surface area contributed by atoms with Gasteiger partial charge < -0.3 is 15.1 Å². The summed E-state index contributed by atoms with van der Waals surface area (Å²) in [5.41, 5.74) is 0. The minimum atomic E-state index is 0.0975. The Kier molecular flexibility index (Phi) is 5.35. The van der Waals surface area contributed by atoms with Crippen molar-refractivity contribution in [2.24, 2.45) is 0 Å². The van der Waals surface area contributed by atoms with Crippen LogP contribution in [0.25, 0.3) is 0 Å². The van der Waals surface area contributed by atoms with E-state index in [2.05, 4.69) is 45.3 Å². The molecule has 0 aliphatic carbocycles. The van der Waals surface area contributed by atoms with Gasteiger partial charge in [-0.05, 0) is 37.8 Å². The van der Waals surface area contributed by atoms with Gasteiger partial charge in [-0.3, -0.25) is 0 Å². The molecule has 0 radical (unpaired) electrons. The first-order valence-electron chi connectivity index (χ1n) is 6.62. The third-order valence-electron chi connectivity index (χ3n) is 2.74. The smallest absolute Gasteiger partial charge is 0.315 e. The van der Waals surface area contributed by atoms with Gasteiger partial charge in [-0.2, -0.15) is 0 Å². The molecular formula is C13H20N4OS. The molecule has 5 nitrogen and oxygen atoms in total. The lowest BCUT2D eigenvalue weighted by molar-refractivity contribution is 0.423. The number of thiophene rings is 1. The van der Waals surface area contributed by atoms with E-state index in [1.165, 1.54) is 4.88 Å². The predicted octanol–water partition coefficient (Wildman–Crippen LogP) is 2.85. The van der Waals surface area contributed by atoms with Gasteiger partial charge in [0.25, 0.3) is 0 Å². The number of nitrogens with zero attached hydrogens (tertiary/aromatic N) is 2. The Balaban J connectivity index is 1.77. The number of nitrogens with one attached hydrogen (secondary N) is 2. The van der Waals surface area contributed by atoms with E-state index in [4.69, 9.17) is 4.42 Å². The third kappa shape index (κ3) is 4.33. The number of hydrogen-bond donors (Lipinski definition) is 2. The summed E-state index contributed by atoms with van der Waals surface area (Å²) in [5, 5.41) is 16.6. The Labute approximate surface area is 117 Å². The van der Waals surface area contributed by atoms with Crippen LogP contribution in [-0.4, -0.2) is 23.3 Å². The van der Waals surface area contributed by atoms with Crippen molar-refractivity contribution in [2.75, 3.05) is 18.4 Å². The first kappa shape index (κ1) is 14.0. The van der Waals surface area contributed by atoms with Crippen molar-refractivity contribution >= 4 is 17.4 Å². The molecule has 0 aromatic carbocycles. The fourth-order valence-electron chi connectivity index (χ4n) is 1.68. The molecule has 2 N–H and O–H groups in total. The topological polar surface area (TPSA) is 63.0 Å². The first-order chi connectivity index (χ1) is 9.29. The molecule has 0 amide bonds. The van der Waals surface area contributed by atoms with Gasteiger partial charge in [-0.25, -0.2) is 0 Å². The lowest BCUT2D eigenvalue weighted by Crippen LogP contribution is -2.19. The van der Waals surface area contributed by atoms with E-state index in [0.717, 1.165) is 25.9 Å². The van der Waals surface area contributed by atoms with E-state index in [-0.39, 0.29) is 6.04 Å². The van der Waals surface area contributed by atoms with Gasteiger partial charge >= 0.3 is 6.01 Å². The normalized spacial score (nSPS) is 12.5. The van der Waals surface area contributed by atoms with Crippen molar-refractivity contribution in [3.8, 4) is 0 Å². The molecule has 19 heavy (non-hydrogen) atoms. The van der Waals surface area contributed by atoms with Gasteiger partial charge in [-0.15, -0.1) is 16.4 Å². The van der Waals surface area contributed by atoms with Crippen LogP contribution >= 0.6 is 11.3 Å². The van der Waals surface area contributed by atoms with Crippen LogP contribution in [0.4, 0.5) is 6.01 Å². The van der Waals surface area contributed by atoms with Crippen molar-refractivity contribution in [2.45, 2.75) is 32.7 Å². The molecule has 2 rings (SSSR count). The minimum absolute atomic E-state index is 0.0975. The molecule has 0 aliphatic heterocycles. The van der Waals surface area contributed by atoms with Crippen LogP contribution in [0.2, 0.25) is 0 Å². The molecule has 0 saturated carbocycles. The van der Waals surface area contributed by atoms with Crippen molar-refractivity contribution in [3.63, 3.8) is 0 Å².